The monoisotopic (exact) mass is 306 g/mol. The van der Waals surface area contributed by atoms with Gasteiger partial charge in [-0.1, -0.05) is 18.2 Å². The molecule has 0 N–H and O–H groups in total. The summed E-state index contributed by atoms with van der Waals surface area (Å²) in [6.07, 6.45) is 8.69. The van der Waals surface area contributed by atoms with Crippen LogP contribution in [0.2, 0.25) is 0 Å². The molecule has 2 aliphatic heterocycles. The minimum absolute atomic E-state index is 0.135. The van der Waals surface area contributed by atoms with Gasteiger partial charge in [0, 0.05) is 11.3 Å². The van der Waals surface area contributed by atoms with Gasteiger partial charge in [0.2, 0.25) is 5.78 Å². The molecule has 120 valence electrons. The Labute approximate surface area is 130 Å². The summed E-state index contributed by atoms with van der Waals surface area (Å²) in [6, 6.07) is 0. The summed E-state index contributed by atoms with van der Waals surface area (Å²) >= 11 is 0. The SMILES string of the molecule is C/C=C/C[C@@H]1C[C@H]2CC(=O)O[C@@]2(C(=O)C(C)(C)/C=C/C=O)O1. The highest BCUT2D eigenvalue weighted by molar-refractivity contribution is 5.96. The molecular weight excluding hydrogens is 284 g/mol. The molecule has 3 atom stereocenters. The standard InChI is InChI=1S/C17H22O5/c1-4-5-7-13-10-12-11-14(19)22-17(12,21-13)15(20)16(2,3)8-6-9-18/h4-6,8-9,12-13H,7,10-11H2,1-3H3/b5-4+,8-6+/t12-,13+,17-/m0/s1. The Morgan fingerprint density at radius 1 is 1.45 bits per heavy atom. The fourth-order valence-electron chi connectivity index (χ4n) is 3.12. The number of esters is 1. The van der Waals surface area contributed by atoms with E-state index in [-0.39, 0.29) is 24.2 Å². The molecule has 0 aliphatic carbocycles. The summed E-state index contributed by atoms with van der Waals surface area (Å²) < 4.78 is 11.3. The zero-order valence-electron chi connectivity index (χ0n) is 13.2. The van der Waals surface area contributed by atoms with E-state index in [4.69, 9.17) is 9.47 Å². The van der Waals surface area contributed by atoms with Gasteiger partial charge in [0.15, 0.2) is 0 Å². The summed E-state index contributed by atoms with van der Waals surface area (Å²) in [6.45, 7) is 5.30. The van der Waals surface area contributed by atoms with Crippen LogP contribution in [-0.4, -0.2) is 29.9 Å². The fourth-order valence-corrected chi connectivity index (χ4v) is 3.12. The molecule has 0 spiro atoms. The van der Waals surface area contributed by atoms with E-state index < -0.39 is 17.2 Å². The number of hydrogen-bond donors (Lipinski definition) is 0. The van der Waals surface area contributed by atoms with Crippen LogP contribution < -0.4 is 0 Å². The van der Waals surface area contributed by atoms with Gasteiger partial charge in [-0.25, -0.2) is 0 Å². The highest BCUT2D eigenvalue weighted by atomic mass is 16.7. The number of carbonyl (C=O) groups excluding carboxylic acids is 3. The zero-order valence-corrected chi connectivity index (χ0v) is 13.2. The maximum absolute atomic E-state index is 13.0. The molecular formula is C17H22O5. The van der Waals surface area contributed by atoms with Crippen LogP contribution in [0.25, 0.3) is 0 Å². The van der Waals surface area contributed by atoms with Crippen LogP contribution >= 0.6 is 0 Å². The predicted octanol–water partition coefficient (Wildman–Crippen LogP) is 2.35. The minimum Gasteiger partial charge on any atom is -0.425 e. The number of fused-ring (bicyclic) bond motifs is 1. The van der Waals surface area contributed by atoms with Crippen molar-refractivity contribution in [3.8, 4) is 0 Å². The fraction of sp³-hybridized carbons (Fsp3) is 0.588. The van der Waals surface area contributed by atoms with Gasteiger partial charge in [-0.15, -0.1) is 0 Å². The highest BCUT2D eigenvalue weighted by Gasteiger charge is 2.63. The van der Waals surface area contributed by atoms with Gasteiger partial charge in [0.1, 0.15) is 6.29 Å². The number of ether oxygens (including phenoxy) is 2. The molecule has 0 bridgehead atoms. The van der Waals surface area contributed by atoms with E-state index in [0.717, 1.165) is 0 Å². The Hall–Kier alpha value is -1.75. The number of allylic oxidation sites excluding steroid dienone is 3. The predicted molar refractivity (Wildman–Crippen MR) is 79.8 cm³/mol. The largest absolute Gasteiger partial charge is 0.425 e. The Morgan fingerprint density at radius 2 is 2.18 bits per heavy atom. The molecule has 5 nitrogen and oxygen atoms in total. The highest BCUT2D eigenvalue weighted by Crippen LogP contribution is 2.49. The average molecular weight is 306 g/mol. The third-order valence-electron chi connectivity index (χ3n) is 4.23. The topological polar surface area (TPSA) is 69.7 Å². The quantitative estimate of drug-likeness (QED) is 0.326. The van der Waals surface area contributed by atoms with Crippen LogP contribution in [0.1, 0.15) is 40.0 Å². The third kappa shape index (κ3) is 2.90. The molecule has 2 saturated heterocycles. The Kier molecular flexibility index (Phi) is 4.66. The van der Waals surface area contributed by atoms with Crippen molar-refractivity contribution < 1.29 is 23.9 Å². The van der Waals surface area contributed by atoms with Crippen molar-refractivity contribution in [2.24, 2.45) is 11.3 Å². The van der Waals surface area contributed by atoms with Gasteiger partial charge >= 0.3 is 5.97 Å². The van der Waals surface area contributed by atoms with Crippen LogP contribution in [0, 0.1) is 11.3 Å². The summed E-state index contributed by atoms with van der Waals surface area (Å²) in [5.74, 6) is -2.47. The second kappa shape index (κ2) is 6.16. The van der Waals surface area contributed by atoms with E-state index in [0.29, 0.717) is 19.1 Å². The second-order valence-electron chi connectivity index (χ2n) is 6.37. The molecule has 2 aliphatic rings. The van der Waals surface area contributed by atoms with Crippen molar-refractivity contribution in [1.82, 2.24) is 0 Å². The molecule has 2 heterocycles. The van der Waals surface area contributed by atoms with Gasteiger partial charge in [0.05, 0.1) is 12.5 Å². The summed E-state index contributed by atoms with van der Waals surface area (Å²) in [4.78, 5) is 35.2. The first-order chi connectivity index (χ1) is 10.4. The molecule has 0 aromatic rings. The maximum atomic E-state index is 13.0. The van der Waals surface area contributed by atoms with Gasteiger partial charge in [-0.2, -0.15) is 0 Å². The van der Waals surface area contributed by atoms with E-state index in [1.54, 1.807) is 13.8 Å². The molecule has 5 heteroatoms. The van der Waals surface area contributed by atoms with Crippen molar-refractivity contribution in [2.45, 2.75) is 51.9 Å². The zero-order chi connectivity index (χ0) is 16.4. The normalized spacial score (nSPS) is 31.7. The number of ketones is 1. The molecule has 2 fully saturated rings. The lowest BCUT2D eigenvalue weighted by Crippen LogP contribution is -2.49. The van der Waals surface area contributed by atoms with Crippen LogP contribution in [0.4, 0.5) is 0 Å². The van der Waals surface area contributed by atoms with Crippen LogP contribution in [0.3, 0.4) is 0 Å². The first kappa shape index (κ1) is 16.6. The van der Waals surface area contributed by atoms with Crippen molar-refractivity contribution in [3.63, 3.8) is 0 Å². The Bertz CT molecular complexity index is 531. The maximum Gasteiger partial charge on any atom is 0.309 e. The van der Waals surface area contributed by atoms with E-state index >= 15 is 0 Å². The number of aldehydes is 1. The molecule has 22 heavy (non-hydrogen) atoms. The van der Waals surface area contributed by atoms with Crippen LogP contribution in [-0.2, 0) is 23.9 Å². The van der Waals surface area contributed by atoms with Gasteiger partial charge in [0.25, 0.3) is 5.79 Å². The van der Waals surface area contributed by atoms with E-state index in [1.165, 1.54) is 12.2 Å². The average Bonchev–Trinajstić information content (AvgIpc) is 2.95. The molecule has 0 amide bonds. The van der Waals surface area contributed by atoms with Crippen molar-refractivity contribution >= 4 is 18.0 Å². The Morgan fingerprint density at radius 3 is 2.82 bits per heavy atom. The lowest BCUT2D eigenvalue weighted by Gasteiger charge is -2.32. The lowest BCUT2D eigenvalue weighted by atomic mass is 9.78. The number of hydrogen-bond acceptors (Lipinski definition) is 5. The molecule has 0 aromatic heterocycles. The van der Waals surface area contributed by atoms with Gasteiger partial charge in [-0.05, 0) is 39.7 Å². The van der Waals surface area contributed by atoms with Crippen molar-refractivity contribution in [1.29, 1.82) is 0 Å². The van der Waals surface area contributed by atoms with Crippen molar-refractivity contribution in [3.05, 3.63) is 24.3 Å². The minimum atomic E-state index is -1.50. The lowest BCUT2D eigenvalue weighted by molar-refractivity contribution is -0.218. The number of carbonyl (C=O) groups is 3. The molecule has 0 saturated carbocycles. The summed E-state index contributed by atoms with van der Waals surface area (Å²) in [5.41, 5.74) is -0.945. The first-order valence-corrected chi connectivity index (χ1v) is 7.54. The molecule has 2 rings (SSSR count). The molecule has 0 radical (unpaired) electrons. The van der Waals surface area contributed by atoms with Crippen LogP contribution in [0.5, 0.6) is 0 Å². The Balaban J connectivity index is 2.27. The van der Waals surface area contributed by atoms with Gasteiger partial charge in [-0.3, -0.25) is 14.4 Å². The van der Waals surface area contributed by atoms with Crippen LogP contribution in [0.15, 0.2) is 24.3 Å². The summed E-state index contributed by atoms with van der Waals surface area (Å²) in [7, 11) is 0. The molecule has 0 aromatic carbocycles. The van der Waals surface area contributed by atoms with E-state index in [2.05, 4.69) is 0 Å². The third-order valence-corrected chi connectivity index (χ3v) is 4.23. The van der Waals surface area contributed by atoms with Gasteiger partial charge < -0.3 is 9.47 Å². The molecule has 0 unspecified atom stereocenters. The second-order valence-corrected chi connectivity index (χ2v) is 6.37. The first-order valence-electron chi connectivity index (χ1n) is 7.54. The number of rotatable bonds is 6. The number of Topliss-reactive ketones (excluding diaryl/α,β-unsaturated/α-hetero) is 1. The van der Waals surface area contributed by atoms with Crippen molar-refractivity contribution in [2.75, 3.05) is 0 Å². The smallest absolute Gasteiger partial charge is 0.309 e. The van der Waals surface area contributed by atoms with E-state index in [9.17, 15) is 14.4 Å². The van der Waals surface area contributed by atoms with E-state index in [1.807, 2.05) is 19.1 Å². The summed E-state index contributed by atoms with van der Waals surface area (Å²) in [5, 5.41) is 0.